The predicted molar refractivity (Wildman–Crippen MR) is 85.2 cm³/mol. The van der Waals surface area contributed by atoms with Crippen molar-refractivity contribution in [3.8, 4) is 11.8 Å². The minimum Gasteiger partial charge on any atom is -0.496 e. The number of methoxy groups -OCH3 is 1. The number of aromatic nitrogens is 1. The van der Waals surface area contributed by atoms with Crippen molar-refractivity contribution < 1.29 is 4.74 Å². The SMILES string of the molecule is COc1c(C)cnc(CN(CCC#N)CC(C)(C)C)c1C. The Morgan fingerprint density at radius 3 is 2.52 bits per heavy atom. The van der Waals surface area contributed by atoms with Crippen LogP contribution in [0.5, 0.6) is 5.75 Å². The first-order valence-corrected chi connectivity index (χ1v) is 7.37. The lowest BCUT2D eigenvalue weighted by atomic mass is 9.95. The van der Waals surface area contributed by atoms with Crippen molar-refractivity contribution in [2.45, 2.75) is 47.6 Å². The molecule has 1 aromatic heterocycles. The first kappa shape index (κ1) is 17.5. The highest BCUT2D eigenvalue weighted by atomic mass is 16.5. The van der Waals surface area contributed by atoms with Crippen molar-refractivity contribution in [1.29, 1.82) is 5.26 Å². The standard InChI is InChI=1S/C17H27N3O/c1-13-10-19-15(14(2)16(13)21-6)11-20(9-7-8-18)12-17(3,4)5/h10H,7,9,11-12H2,1-6H3. The van der Waals surface area contributed by atoms with Crippen LogP contribution in [0.4, 0.5) is 0 Å². The summed E-state index contributed by atoms with van der Waals surface area (Å²) in [7, 11) is 1.70. The van der Waals surface area contributed by atoms with Gasteiger partial charge in [-0.3, -0.25) is 9.88 Å². The molecule has 0 saturated carbocycles. The van der Waals surface area contributed by atoms with Gasteiger partial charge in [0.25, 0.3) is 0 Å². The van der Waals surface area contributed by atoms with E-state index >= 15 is 0 Å². The van der Waals surface area contributed by atoms with Crippen LogP contribution in [0.15, 0.2) is 6.20 Å². The Balaban J connectivity index is 2.95. The molecule has 1 rings (SSSR count). The number of pyridine rings is 1. The zero-order valence-electron chi connectivity index (χ0n) is 14.2. The van der Waals surface area contributed by atoms with Gasteiger partial charge in [-0.05, 0) is 19.3 Å². The van der Waals surface area contributed by atoms with Crippen molar-refractivity contribution in [3.63, 3.8) is 0 Å². The number of nitriles is 1. The summed E-state index contributed by atoms with van der Waals surface area (Å²) < 4.78 is 5.47. The van der Waals surface area contributed by atoms with E-state index in [1.54, 1.807) is 7.11 Å². The van der Waals surface area contributed by atoms with E-state index in [2.05, 4.69) is 36.7 Å². The first-order valence-electron chi connectivity index (χ1n) is 7.37. The van der Waals surface area contributed by atoms with Gasteiger partial charge in [0.2, 0.25) is 0 Å². The fourth-order valence-corrected chi connectivity index (χ4v) is 2.54. The Bertz CT molecular complexity index is 512. The van der Waals surface area contributed by atoms with Crippen molar-refractivity contribution in [2.75, 3.05) is 20.2 Å². The van der Waals surface area contributed by atoms with Crippen LogP contribution in [0, 0.1) is 30.6 Å². The summed E-state index contributed by atoms with van der Waals surface area (Å²) in [5.41, 5.74) is 3.36. The molecule has 0 saturated heterocycles. The van der Waals surface area contributed by atoms with E-state index in [-0.39, 0.29) is 5.41 Å². The molecule has 1 heterocycles. The number of nitrogens with zero attached hydrogens (tertiary/aromatic N) is 3. The largest absolute Gasteiger partial charge is 0.496 e. The van der Waals surface area contributed by atoms with Crippen LogP contribution >= 0.6 is 0 Å². The van der Waals surface area contributed by atoms with E-state index in [4.69, 9.17) is 10.00 Å². The molecule has 0 aliphatic rings. The number of aryl methyl sites for hydroxylation is 1. The molecule has 0 radical (unpaired) electrons. The quantitative estimate of drug-likeness (QED) is 0.804. The topological polar surface area (TPSA) is 49.1 Å². The third-order valence-electron chi connectivity index (χ3n) is 3.36. The summed E-state index contributed by atoms with van der Waals surface area (Å²) in [4.78, 5) is 6.86. The normalized spacial score (nSPS) is 11.5. The molecule has 0 spiro atoms. The summed E-state index contributed by atoms with van der Waals surface area (Å²) in [6.45, 7) is 13.1. The summed E-state index contributed by atoms with van der Waals surface area (Å²) >= 11 is 0. The van der Waals surface area contributed by atoms with Gasteiger partial charge in [0.15, 0.2) is 0 Å². The lowest BCUT2D eigenvalue weighted by molar-refractivity contribution is 0.185. The van der Waals surface area contributed by atoms with E-state index in [1.165, 1.54) is 0 Å². The van der Waals surface area contributed by atoms with Crippen molar-refractivity contribution in [3.05, 3.63) is 23.0 Å². The second-order valence-corrected chi connectivity index (χ2v) is 6.73. The van der Waals surface area contributed by atoms with Gasteiger partial charge < -0.3 is 4.74 Å². The Labute approximate surface area is 128 Å². The van der Waals surface area contributed by atoms with E-state index in [1.807, 2.05) is 20.0 Å². The van der Waals surface area contributed by atoms with E-state index in [0.29, 0.717) is 6.42 Å². The van der Waals surface area contributed by atoms with E-state index < -0.39 is 0 Å². The van der Waals surface area contributed by atoms with Gasteiger partial charge in [-0.2, -0.15) is 5.26 Å². The fourth-order valence-electron chi connectivity index (χ4n) is 2.54. The van der Waals surface area contributed by atoms with Gasteiger partial charge in [0.05, 0.1) is 18.9 Å². The van der Waals surface area contributed by atoms with Gasteiger partial charge in [0.1, 0.15) is 5.75 Å². The molecule has 1 aromatic rings. The molecular formula is C17H27N3O. The maximum atomic E-state index is 8.84. The Morgan fingerprint density at radius 1 is 1.33 bits per heavy atom. The molecular weight excluding hydrogens is 262 g/mol. The molecule has 4 heteroatoms. The van der Waals surface area contributed by atoms with E-state index in [9.17, 15) is 0 Å². The molecule has 0 bridgehead atoms. The second-order valence-electron chi connectivity index (χ2n) is 6.73. The first-order chi connectivity index (χ1) is 9.78. The zero-order chi connectivity index (χ0) is 16.0. The Kier molecular flexibility index (Phi) is 6.17. The summed E-state index contributed by atoms with van der Waals surface area (Å²) in [6.07, 6.45) is 2.40. The summed E-state index contributed by atoms with van der Waals surface area (Å²) in [5, 5.41) is 8.84. The van der Waals surface area contributed by atoms with Crippen LogP contribution in [0.25, 0.3) is 0 Å². The molecule has 4 nitrogen and oxygen atoms in total. The van der Waals surface area contributed by atoms with Crippen LogP contribution in [0.2, 0.25) is 0 Å². The molecule has 0 N–H and O–H groups in total. The van der Waals surface area contributed by atoms with Crippen molar-refractivity contribution in [2.24, 2.45) is 5.41 Å². The van der Waals surface area contributed by atoms with Crippen LogP contribution in [0.1, 0.15) is 44.0 Å². The van der Waals surface area contributed by atoms with Crippen LogP contribution < -0.4 is 4.74 Å². The monoisotopic (exact) mass is 289 g/mol. The third-order valence-corrected chi connectivity index (χ3v) is 3.36. The molecule has 0 atom stereocenters. The maximum Gasteiger partial charge on any atom is 0.128 e. The Hall–Kier alpha value is -1.60. The smallest absolute Gasteiger partial charge is 0.128 e. The third kappa shape index (κ3) is 5.35. The predicted octanol–water partition coefficient (Wildman–Crippen LogP) is 3.47. The van der Waals surface area contributed by atoms with Crippen LogP contribution in [-0.2, 0) is 6.54 Å². The van der Waals surface area contributed by atoms with Gasteiger partial charge >= 0.3 is 0 Å². The second kappa shape index (κ2) is 7.42. The van der Waals surface area contributed by atoms with Crippen molar-refractivity contribution >= 4 is 0 Å². The minimum absolute atomic E-state index is 0.193. The van der Waals surface area contributed by atoms with Gasteiger partial charge in [-0.15, -0.1) is 0 Å². The molecule has 0 aromatic carbocycles. The maximum absolute atomic E-state index is 8.84. The van der Waals surface area contributed by atoms with Crippen LogP contribution in [-0.4, -0.2) is 30.1 Å². The summed E-state index contributed by atoms with van der Waals surface area (Å²) in [5.74, 6) is 0.913. The average molecular weight is 289 g/mol. The fraction of sp³-hybridized carbons (Fsp3) is 0.647. The molecule has 0 aliphatic heterocycles. The molecule has 0 amide bonds. The molecule has 0 unspecified atom stereocenters. The Morgan fingerprint density at radius 2 is 2.00 bits per heavy atom. The zero-order valence-corrected chi connectivity index (χ0v) is 14.2. The molecule has 0 aliphatic carbocycles. The number of rotatable bonds is 6. The van der Waals surface area contributed by atoms with Crippen LogP contribution in [0.3, 0.4) is 0 Å². The average Bonchev–Trinajstić information content (AvgIpc) is 2.38. The van der Waals surface area contributed by atoms with E-state index in [0.717, 1.165) is 42.2 Å². The van der Waals surface area contributed by atoms with Gasteiger partial charge in [0, 0.05) is 43.4 Å². The minimum atomic E-state index is 0.193. The molecule has 21 heavy (non-hydrogen) atoms. The highest BCUT2D eigenvalue weighted by Crippen LogP contribution is 2.25. The lowest BCUT2D eigenvalue weighted by Crippen LogP contribution is -2.33. The number of ether oxygens (including phenoxy) is 1. The highest BCUT2D eigenvalue weighted by molar-refractivity contribution is 5.41. The van der Waals surface area contributed by atoms with Gasteiger partial charge in [-0.1, -0.05) is 20.8 Å². The highest BCUT2D eigenvalue weighted by Gasteiger charge is 2.19. The summed E-state index contributed by atoms with van der Waals surface area (Å²) in [6, 6.07) is 2.23. The lowest BCUT2D eigenvalue weighted by Gasteiger charge is -2.29. The van der Waals surface area contributed by atoms with Gasteiger partial charge in [-0.25, -0.2) is 0 Å². The molecule has 116 valence electrons. The molecule has 0 fully saturated rings. The number of hydrogen-bond donors (Lipinski definition) is 0. The number of hydrogen-bond acceptors (Lipinski definition) is 4. The van der Waals surface area contributed by atoms with Crippen molar-refractivity contribution in [1.82, 2.24) is 9.88 Å².